The fourth-order valence-electron chi connectivity index (χ4n) is 2.80. The number of carbonyl (C=O) groups is 2. The Morgan fingerprint density at radius 2 is 1.68 bits per heavy atom. The number of imide groups is 1. The normalized spacial score (nSPS) is 13.6. The number of oxazole rings is 1. The van der Waals surface area contributed by atoms with Crippen molar-refractivity contribution in [3.63, 3.8) is 0 Å². The van der Waals surface area contributed by atoms with Crippen LogP contribution < -0.4 is 10.3 Å². The van der Waals surface area contributed by atoms with Crippen LogP contribution in [0, 0.1) is 0 Å². The van der Waals surface area contributed by atoms with Gasteiger partial charge >= 0.3 is 0 Å². The third kappa shape index (κ3) is 2.54. The number of carbonyl (C=O) groups excluding carboxylic acids is 2. The third-order valence-corrected chi connectivity index (χ3v) is 4.15. The Hall–Kier alpha value is -3.19. The van der Waals surface area contributed by atoms with E-state index < -0.39 is 0 Å². The monoisotopic (exact) mass is 336 g/mol. The van der Waals surface area contributed by atoms with Crippen molar-refractivity contribution < 1.29 is 14.0 Å². The molecule has 2 aromatic carbocycles. The van der Waals surface area contributed by atoms with Crippen LogP contribution in [0.15, 0.2) is 52.9 Å². The van der Waals surface area contributed by atoms with Crippen molar-refractivity contribution in [1.82, 2.24) is 15.4 Å². The van der Waals surface area contributed by atoms with Crippen molar-refractivity contribution in [2.45, 2.75) is 6.92 Å². The van der Waals surface area contributed by atoms with Gasteiger partial charge in [0, 0.05) is 6.54 Å². The molecule has 0 spiro atoms. The summed E-state index contributed by atoms with van der Waals surface area (Å²) >= 11 is 0. The number of nitrogens with one attached hydrogen (secondary N) is 1. The number of benzene rings is 2. The molecule has 7 heteroatoms. The molecule has 0 radical (unpaired) electrons. The van der Waals surface area contributed by atoms with Crippen LogP contribution in [0.1, 0.15) is 27.6 Å². The van der Waals surface area contributed by atoms with Gasteiger partial charge in [0.25, 0.3) is 17.8 Å². The average molecular weight is 336 g/mol. The van der Waals surface area contributed by atoms with Gasteiger partial charge in [-0.05, 0) is 31.2 Å². The van der Waals surface area contributed by atoms with Crippen molar-refractivity contribution in [1.29, 1.82) is 0 Å². The molecule has 126 valence electrons. The van der Waals surface area contributed by atoms with E-state index in [1.54, 1.807) is 24.3 Å². The van der Waals surface area contributed by atoms with Crippen molar-refractivity contribution in [3.8, 4) is 0 Å². The van der Waals surface area contributed by atoms with Crippen LogP contribution in [0.4, 0.5) is 6.01 Å². The first-order valence-corrected chi connectivity index (χ1v) is 8.01. The number of amides is 2. The molecule has 7 nitrogen and oxygen atoms in total. The zero-order valence-corrected chi connectivity index (χ0v) is 13.6. The lowest BCUT2D eigenvalue weighted by Crippen LogP contribution is -2.48. The van der Waals surface area contributed by atoms with Gasteiger partial charge in [-0.3, -0.25) is 9.59 Å². The Balaban J connectivity index is 1.52. The highest BCUT2D eigenvalue weighted by Gasteiger charge is 2.35. The van der Waals surface area contributed by atoms with E-state index >= 15 is 0 Å². The van der Waals surface area contributed by atoms with Gasteiger partial charge in [-0.15, -0.1) is 0 Å². The molecule has 4 rings (SSSR count). The summed E-state index contributed by atoms with van der Waals surface area (Å²) in [5, 5.41) is 1.04. The molecule has 0 saturated heterocycles. The number of aromatic nitrogens is 1. The Bertz CT molecular complexity index is 898. The molecule has 1 aliphatic rings. The van der Waals surface area contributed by atoms with Crippen LogP contribution >= 0.6 is 0 Å². The van der Waals surface area contributed by atoms with Crippen molar-refractivity contribution in [2.75, 3.05) is 18.1 Å². The minimum absolute atomic E-state index is 0.217. The first-order chi connectivity index (χ1) is 12.2. The van der Waals surface area contributed by atoms with Crippen LogP contribution in [0.3, 0.4) is 0 Å². The molecule has 3 aromatic rings. The molecule has 2 amide bonds. The molecule has 0 atom stereocenters. The van der Waals surface area contributed by atoms with Gasteiger partial charge in [-0.25, -0.2) is 10.4 Å². The lowest BCUT2D eigenvalue weighted by molar-refractivity contribution is 0.0567. The minimum atomic E-state index is -0.353. The topological polar surface area (TPSA) is 78.7 Å². The standard InChI is InChI=1S/C18H16N4O3/c1-2-21(18-20-14-9-5-6-10-15(14)25-18)11-19-22-16(23)12-7-3-4-8-13(12)17(22)24/h3-10,19H,2,11H2,1H3. The zero-order chi connectivity index (χ0) is 17.4. The maximum Gasteiger partial charge on any atom is 0.299 e. The number of fused-ring (bicyclic) bond motifs is 2. The van der Waals surface area contributed by atoms with Crippen molar-refractivity contribution >= 4 is 28.9 Å². The van der Waals surface area contributed by atoms with Crippen LogP contribution in [-0.4, -0.2) is 35.0 Å². The summed E-state index contributed by atoms with van der Waals surface area (Å²) in [6, 6.07) is 14.7. The number of para-hydroxylation sites is 2. The van der Waals surface area contributed by atoms with Crippen LogP contribution in [0.2, 0.25) is 0 Å². The SMILES string of the molecule is CCN(CNN1C(=O)c2ccccc2C1=O)c1nc2ccccc2o1. The molecular formula is C18H16N4O3. The van der Waals surface area contributed by atoms with E-state index in [4.69, 9.17) is 4.42 Å². The molecule has 1 N–H and O–H groups in total. The summed E-state index contributed by atoms with van der Waals surface area (Å²) in [4.78, 5) is 31.0. The van der Waals surface area contributed by atoms with Gasteiger partial charge in [0.15, 0.2) is 5.58 Å². The van der Waals surface area contributed by atoms with E-state index in [0.29, 0.717) is 29.3 Å². The highest BCUT2D eigenvalue weighted by atomic mass is 16.4. The fraction of sp³-hybridized carbons (Fsp3) is 0.167. The number of nitrogens with zero attached hydrogens (tertiary/aromatic N) is 3. The van der Waals surface area contributed by atoms with Gasteiger partial charge < -0.3 is 9.32 Å². The summed E-state index contributed by atoms with van der Waals surface area (Å²) in [5.74, 6) is -0.705. The predicted octanol–water partition coefficient (Wildman–Crippen LogP) is 2.41. The van der Waals surface area contributed by atoms with Gasteiger partial charge in [0.1, 0.15) is 5.52 Å². The lowest BCUT2D eigenvalue weighted by Gasteiger charge is -2.22. The van der Waals surface area contributed by atoms with Gasteiger partial charge in [-0.2, -0.15) is 4.98 Å². The van der Waals surface area contributed by atoms with Crippen molar-refractivity contribution in [2.24, 2.45) is 0 Å². The summed E-state index contributed by atoms with van der Waals surface area (Å²) in [6.45, 7) is 2.76. The molecule has 0 fully saturated rings. The molecule has 0 aliphatic carbocycles. The second kappa shape index (κ2) is 6.03. The Morgan fingerprint density at radius 1 is 1.04 bits per heavy atom. The van der Waals surface area contributed by atoms with E-state index in [-0.39, 0.29) is 18.5 Å². The van der Waals surface area contributed by atoms with Gasteiger partial charge in [-0.1, -0.05) is 24.3 Å². The zero-order valence-electron chi connectivity index (χ0n) is 13.6. The first kappa shape index (κ1) is 15.3. The average Bonchev–Trinajstić information content (AvgIpc) is 3.17. The quantitative estimate of drug-likeness (QED) is 0.569. The second-order valence-corrected chi connectivity index (χ2v) is 5.63. The molecule has 1 aromatic heterocycles. The maximum absolute atomic E-state index is 12.4. The lowest BCUT2D eigenvalue weighted by atomic mass is 10.1. The Kier molecular flexibility index (Phi) is 3.70. The van der Waals surface area contributed by atoms with Crippen LogP contribution in [0.25, 0.3) is 11.1 Å². The summed E-state index contributed by atoms with van der Waals surface area (Å²) < 4.78 is 5.74. The number of rotatable bonds is 5. The molecular weight excluding hydrogens is 320 g/mol. The number of anilines is 1. The fourth-order valence-corrected chi connectivity index (χ4v) is 2.80. The minimum Gasteiger partial charge on any atom is -0.423 e. The summed E-state index contributed by atoms with van der Waals surface area (Å²) in [7, 11) is 0. The van der Waals surface area contributed by atoms with Gasteiger partial charge in [0.05, 0.1) is 17.8 Å². The molecule has 0 saturated carbocycles. The number of hydrogen-bond acceptors (Lipinski definition) is 6. The Labute approximate surface area is 143 Å². The van der Waals surface area contributed by atoms with Gasteiger partial charge in [0.2, 0.25) is 0 Å². The highest BCUT2D eigenvalue weighted by Crippen LogP contribution is 2.23. The van der Waals surface area contributed by atoms with E-state index in [0.717, 1.165) is 10.5 Å². The third-order valence-electron chi connectivity index (χ3n) is 4.15. The Morgan fingerprint density at radius 3 is 2.32 bits per heavy atom. The largest absolute Gasteiger partial charge is 0.423 e. The molecule has 2 heterocycles. The summed E-state index contributed by atoms with van der Waals surface area (Å²) in [5.41, 5.74) is 5.15. The smallest absolute Gasteiger partial charge is 0.299 e. The molecule has 0 unspecified atom stereocenters. The summed E-state index contributed by atoms with van der Waals surface area (Å²) in [6.07, 6.45) is 0. The van der Waals surface area contributed by atoms with Crippen LogP contribution in [0.5, 0.6) is 0 Å². The molecule has 1 aliphatic heterocycles. The number of hydrogen-bond donors (Lipinski definition) is 1. The van der Waals surface area contributed by atoms with E-state index in [2.05, 4.69) is 10.4 Å². The highest BCUT2D eigenvalue weighted by molar-refractivity contribution is 6.20. The van der Waals surface area contributed by atoms with E-state index in [1.807, 2.05) is 36.1 Å². The number of hydrazine groups is 1. The molecule has 0 bridgehead atoms. The first-order valence-electron chi connectivity index (χ1n) is 8.01. The van der Waals surface area contributed by atoms with E-state index in [1.165, 1.54) is 0 Å². The maximum atomic E-state index is 12.4. The molecule has 25 heavy (non-hydrogen) atoms. The second-order valence-electron chi connectivity index (χ2n) is 5.63. The van der Waals surface area contributed by atoms with Crippen LogP contribution in [-0.2, 0) is 0 Å². The van der Waals surface area contributed by atoms with Crippen molar-refractivity contribution in [3.05, 3.63) is 59.7 Å². The van der Waals surface area contributed by atoms with E-state index in [9.17, 15) is 9.59 Å². The predicted molar refractivity (Wildman–Crippen MR) is 92.0 cm³/mol.